The molecule has 2 nitrogen and oxygen atoms in total. The van der Waals surface area contributed by atoms with Gasteiger partial charge in [-0.1, -0.05) is 37.4 Å². The highest BCUT2D eigenvalue weighted by atomic mass is 35.5. The molecule has 1 saturated carbocycles. The first-order valence-electron chi connectivity index (χ1n) is 7.17. The van der Waals surface area contributed by atoms with Gasteiger partial charge in [0, 0.05) is 18.1 Å². The maximum absolute atomic E-state index is 10.5. The van der Waals surface area contributed by atoms with Gasteiger partial charge in [-0.15, -0.1) is 0 Å². The molecule has 3 heteroatoms. The van der Waals surface area contributed by atoms with Crippen LogP contribution in [-0.4, -0.2) is 17.3 Å². The number of aryl methyl sites for hydroxylation is 1. The molecule has 106 valence electrons. The third kappa shape index (κ3) is 4.20. The predicted molar refractivity (Wildman–Crippen MR) is 80.5 cm³/mol. The summed E-state index contributed by atoms with van der Waals surface area (Å²) in [5, 5.41) is 14.7. The topological polar surface area (TPSA) is 32.3 Å². The van der Waals surface area contributed by atoms with E-state index in [0.29, 0.717) is 12.5 Å². The molecule has 1 aromatic rings. The predicted octanol–water partition coefficient (Wildman–Crippen LogP) is 3.68. The summed E-state index contributed by atoms with van der Waals surface area (Å²) in [7, 11) is 0. The molecule has 1 aliphatic rings. The fourth-order valence-electron chi connectivity index (χ4n) is 3.08. The molecule has 1 aromatic carbocycles. The lowest BCUT2D eigenvalue weighted by Crippen LogP contribution is -2.43. The van der Waals surface area contributed by atoms with Crippen LogP contribution in [0.2, 0.25) is 5.02 Å². The molecule has 2 atom stereocenters. The highest BCUT2D eigenvalue weighted by Crippen LogP contribution is 2.31. The number of nitrogens with one attached hydrogen (secondary N) is 1. The standard InChI is InChI=1S/C16H24ClNO/c1-12-4-3-7-16(19,9-12)11-18-10-14-5-6-15(17)8-13(14)2/h5-6,8,12,18-19H,3-4,7,9-11H2,1-2H3. The SMILES string of the molecule is Cc1cc(Cl)ccc1CNCC1(O)CCCC(C)C1. The Balaban J connectivity index is 1.85. The van der Waals surface area contributed by atoms with Crippen molar-refractivity contribution in [3.63, 3.8) is 0 Å². The van der Waals surface area contributed by atoms with Crippen molar-refractivity contribution in [2.75, 3.05) is 6.54 Å². The van der Waals surface area contributed by atoms with Crippen molar-refractivity contribution >= 4 is 11.6 Å². The third-order valence-corrected chi connectivity index (χ3v) is 4.38. The fourth-order valence-corrected chi connectivity index (χ4v) is 3.31. The highest BCUT2D eigenvalue weighted by Gasteiger charge is 2.31. The van der Waals surface area contributed by atoms with Gasteiger partial charge in [-0.05, 0) is 48.9 Å². The minimum Gasteiger partial charge on any atom is -0.389 e. The van der Waals surface area contributed by atoms with E-state index >= 15 is 0 Å². The molecule has 1 aliphatic carbocycles. The van der Waals surface area contributed by atoms with Crippen molar-refractivity contribution in [3.05, 3.63) is 34.3 Å². The molecule has 2 rings (SSSR count). The van der Waals surface area contributed by atoms with E-state index in [1.54, 1.807) is 0 Å². The fraction of sp³-hybridized carbons (Fsp3) is 0.625. The largest absolute Gasteiger partial charge is 0.389 e. The number of hydrogen-bond donors (Lipinski definition) is 2. The minimum atomic E-state index is -0.516. The molecular formula is C16H24ClNO. The molecule has 19 heavy (non-hydrogen) atoms. The Morgan fingerprint density at radius 2 is 2.26 bits per heavy atom. The monoisotopic (exact) mass is 281 g/mol. The van der Waals surface area contributed by atoms with Crippen LogP contribution >= 0.6 is 11.6 Å². The summed E-state index contributed by atoms with van der Waals surface area (Å²) in [5.74, 6) is 0.637. The van der Waals surface area contributed by atoms with Crippen LogP contribution in [0.4, 0.5) is 0 Å². The van der Waals surface area contributed by atoms with E-state index in [9.17, 15) is 5.11 Å². The van der Waals surface area contributed by atoms with Crippen molar-refractivity contribution in [2.45, 2.75) is 51.7 Å². The minimum absolute atomic E-state index is 0.516. The van der Waals surface area contributed by atoms with Crippen LogP contribution in [0.1, 0.15) is 43.7 Å². The Morgan fingerprint density at radius 1 is 1.47 bits per heavy atom. The van der Waals surface area contributed by atoms with E-state index in [1.807, 2.05) is 12.1 Å². The number of aliphatic hydroxyl groups is 1. The van der Waals surface area contributed by atoms with E-state index in [4.69, 9.17) is 11.6 Å². The van der Waals surface area contributed by atoms with Gasteiger partial charge in [-0.25, -0.2) is 0 Å². The molecule has 0 saturated heterocycles. The normalized spacial score (nSPS) is 27.5. The van der Waals surface area contributed by atoms with Crippen LogP contribution in [0.3, 0.4) is 0 Å². The molecule has 0 aliphatic heterocycles. The molecule has 2 N–H and O–H groups in total. The quantitative estimate of drug-likeness (QED) is 0.882. The summed E-state index contributed by atoms with van der Waals surface area (Å²) >= 11 is 5.95. The smallest absolute Gasteiger partial charge is 0.0774 e. The number of benzene rings is 1. The third-order valence-electron chi connectivity index (χ3n) is 4.14. The average molecular weight is 282 g/mol. The second-order valence-corrected chi connectivity index (χ2v) is 6.54. The summed E-state index contributed by atoms with van der Waals surface area (Å²) in [5.41, 5.74) is 1.93. The first kappa shape index (κ1) is 14.8. The highest BCUT2D eigenvalue weighted by molar-refractivity contribution is 6.30. The molecule has 0 amide bonds. The molecule has 0 spiro atoms. The van der Waals surface area contributed by atoms with Crippen molar-refractivity contribution < 1.29 is 5.11 Å². The second kappa shape index (κ2) is 6.25. The molecule has 2 unspecified atom stereocenters. The Kier molecular flexibility index (Phi) is 4.88. The van der Waals surface area contributed by atoms with E-state index in [-0.39, 0.29) is 0 Å². The van der Waals surface area contributed by atoms with Gasteiger partial charge in [-0.2, -0.15) is 0 Å². The van der Waals surface area contributed by atoms with E-state index < -0.39 is 5.60 Å². The van der Waals surface area contributed by atoms with E-state index in [2.05, 4.69) is 25.2 Å². The first-order valence-corrected chi connectivity index (χ1v) is 7.54. The molecule has 1 fully saturated rings. The molecule has 0 radical (unpaired) electrons. The lowest BCUT2D eigenvalue weighted by Gasteiger charge is -2.35. The van der Waals surface area contributed by atoms with Crippen LogP contribution < -0.4 is 5.32 Å². The number of rotatable bonds is 4. The summed E-state index contributed by atoms with van der Waals surface area (Å²) in [6, 6.07) is 5.96. The Morgan fingerprint density at radius 3 is 2.95 bits per heavy atom. The zero-order valence-electron chi connectivity index (χ0n) is 11.9. The van der Waals surface area contributed by atoms with E-state index in [1.165, 1.54) is 17.5 Å². The Bertz CT molecular complexity index is 435. The molecule has 0 aromatic heterocycles. The summed E-state index contributed by atoms with van der Waals surface area (Å²) < 4.78 is 0. The van der Waals surface area contributed by atoms with Gasteiger partial charge in [0.05, 0.1) is 5.60 Å². The summed E-state index contributed by atoms with van der Waals surface area (Å²) in [6.45, 7) is 5.77. The average Bonchev–Trinajstić information content (AvgIpc) is 2.31. The van der Waals surface area contributed by atoms with Gasteiger partial charge in [-0.3, -0.25) is 0 Å². The van der Waals surface area contributed by atoms with Gasteiger partial charge < -0.3 is 10.4 Å². The van der Waals surface area contributed by atoms with Crippen LogP contribution in [0.5, 0.6) is 0 Å². The van der Waals surface area contributed by atoms with Gasteiger partial charge in [0.15, 0.2) is 0 Å². The molecule has 0 heterocycles. The van der Waals surface area contributed by atoms with Crippen molar-refractivity contribution in [1.29, 1.82) is 0 Å². The Hall–Kier alpha value is -0.570. The van der Waals surface area contributed by atoms with Crippen molar-refractivity contribution in [3.8, 4) is 0 Å². The van der Waals surface area contributed by atoms with Crippen LogP contribution in [0.15, 0.2) is 18.2 Å². The van der Waals surface area contributed by atoms with Gasteiger partial charge in [0.25, 0.3) is 0 Å². The maximum Gasteiger partial charge on any atom is 0.0774 e. The van der Waals surface area contributed by atoms with Gasteiger partial charge >= 0.3 is 0 Å². The maximum atomic E-state index is 10.5. The summed E-state index contributed by atoms with van der Waals surface area (Å²) in [6.07, 6.45) is 4.22. The van der Waals surface area contributed by atoms with Crippen molar-refractivity contribution in [2.24, 2.45) is 5.92 Å². The van der Waals surface area contributed by atoms with Gasteiger partial charge in [0.1, 0.15) is 0 Å². The molecular weight excluding hydrogens is 258 g/mol. The van der Waals surface area contributed by atoms with Crippen LogP contribution in [0.25, 0.3) is 0 Å². The van der Waals surface area contributed by atoms with Crippen LogP contribution in [-0.2, 0) is 6.54 Å². The number of hydrogen-bond acceptors (Lipinski definition) is 2. The van der Waals surface area contributed by atoms with Crippen LogP contribution in [0, 0.1) is 12.8 Å². The zero-order valence-corrected chi connectivity index (χ0v) is 12.6. The lowest BCUT2D eigenvalue weighted by atomic mass is 9.79. The van der Waals surface area contributed by atoms with Crippen molar-refractivity contribution in [1.82, 2.24) is 5.32 Å². The molecule has 0 bridgehead atoms. The number of halogens is 1. The lowest BCUT2D eigenvalue weighted by molar-refractivity contribution is -0.0119. The zero-order chi connectivity index (χ0) is 13.9. The van der Waals surface area contributed by atoms with Gasteiger partial charge in [0.2, 0.25) is 0 Å². The first-order chi connectivity index (χ1) is 8.98. The Labute approximate surface area is 121 Å². The van der Waals surface area contributed by atoms with E-state index in [0.717, 1.165) is 30.8 Å². The second-order valence-electron chi connectivity index (χ2n) is 6.10. The summed E-state index contributed by atoms with van der Waals surface area (Å²) in [4.78, 5) is 0.